The van der Waals surface area contributed by atoms with Gasteiger partial charge in [0.1, 0.15) is 0 Å². The first kappa shape index (κ1) is 7.90. The van der Waals surface area contributed by atoms with E-state index in [9.17, 15) is 0 Å². The lowest BCUT2D eigenvalue weighted by atomic mass is 10.7. The van der Waals surface area contributed by atoms with Crippen molar-refractivity contribution in [2.75, 3.05) is 0 Å². The Morgan fingerprint density at radius 2 is 1.50 bits per heavy atom. The van der Waals surface area contributed by atoms with Crippen LogP contribution < -0.4 is 10.9 Å². The van der Waals surface area contributed by atoms with Gasteiger partial charge in [0.15, 0.2) is 0 Å². The molecular formula is C8H8ClN2P. The van der Waals surface area contributed by atoms with Gasteiger partial charge < -0.3 is 9.97 Å². The van der Waals surface area contributed by atoms with Gasteiger partial charge in [-0.05, 0) is 24.3 Å². The fourth-order valence-electron chi connectivity index (χ4n) is 1.02. The number of hydrogen-bond acceptors (Lipinski definition) is 0. The van der Waals surface area contributed by atoms with Crippen molar-refractivity contribution in [1.82, 2.24) is 9.97 Å². The van der Waals surface area contributed by atoms with Crippen molar-refractivity contribution in [3.8, 4) is 0 Å². The van der Waals surface area contributed by atoms with E-state index in [4.69, 9.17) is 11.2 Å². The molecule has 2 aromatic heterocycles. The van der Waals surface area contributed by atoms with Crippen molar-refractivity contribution < 1.29 is 0 Å². The van der Waals surface area contributed by atoms with Gasteiger partial charge in [0.25, 0.3) is 0 Å². The van der Waals surface area contributed by atoms with Crippen LogP contribution in [0.2, 0.25) is 0 Å². The van der Waals surface area contributed by atoms with Gasteiger partial charge in [0.2, 0.25) is 0 Å². The Bertz CT molecular complexity index is 294. The fraction of sp³-hybridized carbons (Fsp3) is 0. The second-order valence-corrected chi connectivity index (χ2v) is 4.93. The smallest absolute Gasteiger partial charge is 0.0864 e. The molecule has 62 valence electrons. The van der Waals surface area contributed by atoms with Gasteiger partial charge in [-0.1, -0.05) is 11.2 Å². The van der Waals surface area contributed by atoms with E-state index in [0.717, 1.165) is 10.9 Å². The highest BCUT2D eigenvalue weighted by molar-refractivity contribution is 7.95. The molecule has 0 saturated heterocycles. The van der Waals surface area contributed by atoms with Crippen LogP contribution in [-0.2, 0) is 0 Å². The average Bonchev–Trinajstić information content (AvgIpc) is 2.77. The minimum atomic E-state index is -0.736. The maximum atomic E-state index is 6.22. The highest BCUT2D eigenvalue weighted by Crippen LogP contribution is 2.37. The molecule has 0 amide bonds. The van der Waals surface area contributed by atoms with Gasteiger partial charge in [-0.3, -0.25) is 0 Å². The molecule has 2 N–H and O–H groups in total. The topological polar surface area (TPSA) is 31.6 Å². The summed E-state index contributed by atoms with van der Waals surface area (Å²) in [6, 6.07) is 7.91. The molecule has 2 nitrogen and oxygen atoms in total. The van der Waals surface area contributed by atoms with E-state index in [1.807, 2.05) is 36.7 Å². The van der Waals surface area contributed by atoms with Gasteiger partial charge in [-0.25, -0.2) is 0 Å². The summed E-state index contributed by atoms with van der Waals surface area (Å²) in [6.07, 6.45) is 3.77. The zero-order valence-electron chi connectivity index (χ0n) is 6.29. The molecule has 0 aliphatic heterocycles. The van der Waals surface area contributed by atoms with Crippen molar-refractivity contribution in [2.24, 2.45) is 0 Å². The molecule has 12 heavy (non-hydrogen) atoms. The Labute approximate surface area is 76.5 Å². The molecule has 0 bridgehead atoms. The van der Waals surface area contributed by atoms with Gasteiger partial charge in [-0.2, -0.15) is 0 Å². The monoisotopic (exact) mass is 198 g/mol. The number of aromatic nitrogens is 2. The summed E-state index contributed by atoms with van der Waals surface area (Å²) in [5.74, 6) is 0. The SMILES string of the molecule is ClP(c1ccc[nH]1)c1ccc[nH]1. The molecule has 2 rings (SSSR count). The summed E-state index contributed by atoms with van der Waals surface area (Å²) < 4.78 is 0. The highest BCUT2D eigenvalue weighted by Gasteiger charge is 2.10. The Kier molecular flexibility index (Phi) is 2.20. The third-order valence-corrected chi connectivity index (χ3v) is 4.08. The zero-order valence-corrected chi connectivity index (χ0v) is 7.94. The van der Waals surface area contributed by atoms with E-state index in [1.54, 1.807) is 0 Å². The van der Waals surface area contributed by atoms with Crippen LogP contribution in [0.1, 0.15) is 0 Å². The first-order chi connectivity index (χ1) is 5.88. The Balaban J connectivity index is 2.27. The first-order valence-corrected chi connectivity index (χ1v) is 5.85. The molecule has 0 radical (unpaired) electrons. The summed E-state index contributed by atoms with van der Waals surface area (Å²) in [5, 5.41) is 0. The zero-order chi connectivity index (χ0) is 8.39. The van der Waals surface area contributed by atoms with Crippen LogP contribution in [0.25, 0.3) is 0 Å². The lowest BCUT2D eigenvalue weighted by Crippen LogP contribution is -2.08. The number of halogens is 1. The third kappa shape index (κ3) is 1.40. The second kappa shape index (κ2) is 3.34. The van der Waals surface area contributed by atoms with E-state index in [2.05, 4.69) is 9.97 Å². The number of H-pyrrole nitrogens is 2. The van der Waals surface area contributed by atoms with Gasteiger partial charge >= 0.3 is 0 Å². The number of nitrogens with one attached hydrogen (secondary N) is 2. The van der Waals surface area contributed by atoms with Gasteiger partial charge in [0.05, 0.1) is 18.1 Å². The molecular weight excluding hydrogens is 191 g/mol. The molecule has 0 atom stereocenters. The van der Waals surface area contributed by atoms with Gasteiger partial charge in [-0.15, -0.1) is 0 Å². The quantitative estimate of drug-likeness (QED) is 0.692. The normalized spacial score (nSPS) is 10.8. The average molecular weight is 199 g/mol. The van der Waals surface area contributed by atoms with E-state index in [1.165, 1.54) is 0 Å². The number of rotatable bonds is 2. The van der Waals surface area contributed by atoms with Crippen LogP contribution in [0.15, 0.2) is 36.7 Å². The third-order valence-electron chi connectivity index (χ3n) is 1.59. The Hall–Kier alpha value is -0.720. The number of hydrogen-bond donors (Lipinski definition) is 2. The largest absolute Gasteiger partial charge is 0.360 e. The molecule has 0 saturated carbocycles. The van der Waals surface area contributed by atoms with E-state index in [-0.39, 0.29) is 0 Å². The lowest BCUT2D eigenvalue weighted by Gasteiger charge is -2.03. The van der Waals surface area contributed by atoms with Crippen LogP contribution in [-0.4, -0.2) is 9.97 Å². The highest BCUT2D eigenvalue weighted by atomic mass is 35.7. The minimum Gasteiger partial charge on any atom is -0.360 e. The number of aromatic amines is 2. The molecule has 2 aromatic rings. The van der Waals surface area contributed by atoms with E-state index in [0.29, 0.717) is 0 Å². The van der Waals surface area contributed by atoms with Crippen molar-refractivity contribution in [1.29, 1.82) is 0 Å². The minimum absolute atomic E-state index is 0.736. The summed E-state index contributed by atoms with van der Waals surface area (Å²) in [4.78, 5) is 6.20. The standard InChI is InChI=1S/C8H8ClN2P/c9-12(7-3-1-5-10-7)8-4-2-6-11-8/h1-6,10-11H. The van der Waals surface area contributed by atoms with Crippen molar-refractivity contribution in [2.45, 2.75) is 0 Å². The lowest BCUT2D eigenvalue weighted by molar-refractivity contribution is 1.46. The van der Waals surface area contributed by atoms with Crippen LogP contribution in [0.4, 0.5) is 0 Å². The van der Waals surface area contributed by atoms with Crippen LogP contribution in [0.5, 0.6) is 0 Å². The summed E-state index contributed by atoms with van der Waals surface area (Å²) >= 11 is 6.22. The van der Waals surface area contributed by atoms with Crippen molar-refractivity contribution in [3.63, 3.8) is 0 Å². The van der Waals surface area contributed by atoms with Gasteiger partial charge in [0, 0.05) is 12.4 Å². The maximum absolute atomic E-state index is 6.22. The predicted octanol–water partition coefficient (Wildman–Crippen LogP) is 1.93. The molecule has 0 fully saturated rings. The molecule has 0 unspecified atom stereocenters. The summed E-state index contributed by atoms with van der Waals surface area (Å²) in [7, 11) is -0.736. The second-order valence-electron chi connectivity index (χ2n) is 2.39. The first-order valence-electron chi connectivity index (χ1n) is 3.60. The molecule has 0 aromatic carbocycles. The Morgan fingerprint density at radius 1 is 1.00 bits per heavy atom. The van der Waals surface area contributed by atoms with E-state index < -0.39 is 7.27 Å². The molecule has 0 aliphatic carbocycles. The van der Waals surface area contributed by atoms with Crippen LogP contribution in [0, 0.1) is 0 Å². The van der Waals surface area contributed by atoms with Crippen molar-refractivity contribution in [3.05, 3.63) is 36.7 Å². The predicted molar refractivity (Wildman–Crippen MR) is 53.6 cm³/mol. The Morgan fingerprint density at radius 3 is 1.83 bits per heavy atom. The van der Waals surface area contributed by atoms with Crippen LogP contribution >= 0.6 is 18.5 Å². The molecule has 0 aliphatic rings. The van der Waals surface area contributed by atoms with Crippen molar-refractivity contribution >= 4 is 29.4 Å². The summed E-state index contributed by atoms with van der Waals surface area (Å²) in [6.45, 7) is 0. The van der Waals surface area contributed by atoms with E-state index >= 15 is 0 Å². The fourth-order valence-corrected chi connectivity index (χ4v) is 2.72. The molecule has 4 heteroatoms. The van der Waals surface area contributed by atoms with Crippen LogP contribution in [0.3, 0.4) is 0 Å². The molecule has 2 heterocycles. The molecule has 0 spiro atoms. The summed E-state index contributed by atoms with van der Waals surface area (Å²) in [5.41, 5.74) is 2.16. The maximum Gasteiger partial charge on any atom is 0.0864 e.